The highest BCUT2D eigenvalue weighted by Crippen LogP contribution is 2.37. The second-order valence-corrected chi connectivity index (χ2v) is 10.1. The molecule has 1 aliphatic rings. The van der Waals surface area contributed by atoms with Crippen LogP contribution in [0.15, 0.2) is 73.5 Å². The molecule has 0 atom stereocenters. The molecule has 0 unspecified atom stereocenters. The van der Waals surface area contributed by atoms with Gasteiger partial charge in [0, 0.05) is 6.42 Å². The molecule has 176 valence electrons. The number of nitrogens with one attached hydrogen (secondary N) is 1. The summed E-state index contributed by atoms with van der Waals surface area (Å²) in [6.07, 6.45) is 3.68. The lowest BCUT2D eigenvalue weighted by Gasteiger charge is -2.13. The van der Waals surface area contributed by atoms with Crippen molar-refractivity contribution >= 4 is 62.9 Å². The van der Waals surface area contributed by atoms with Gasteiger partial charge in [-0.25, -0.2) is 15.3 Å². The van der Waals surface area contributed by atoms with Gasteiger partial charge < -0.3 is 4.42 Å². The van der Waals surface area contributed by atoms with E-state index in [1.807, 2.05) is 6.92 Å². The molecule has 8 nitrogen and oxygen atoms in total. The zero-order valence-corrected chi connectivity index (χ0v) is 20.3. The van der Waals surface area contributed by atoms with E-state index in [0.29, 0.717) is 34.1 Å². The van der Waals surface area contributed by atoms with E-state index < -0.39 is 0 Å². The maximum Gasteiger partial charge on any atom is 0.266 e. The molecular weight excluding hydrogens is 484 g/mol. The number of rotatable bonds is 8. The predicted octanol–water partition coefficient (Wildman–Crippen LogP) is 5.48. The molecule has 0 saturated heterocycles. The van der Waals surface area contributed by atoms with Crippen LogP contribution >= 0.6 is 23.1 Å². The third-order valence-corrected chi connectivity index (χ3v) is 7.33. The Morgan fingerprint density at radius 2 is 1.91 bits per heavy atom. The van der Waals surface area contributed by atoms with E-state index in [4.69, 9.17) is 4.42 Å². The Kier molecular flexibility index (Phi) is 6.47. The van der Waals surface area contributed by atoms with Gasteiger partial charge in [-0.1, -0.05) is 25.5 Å². The summed E-state index contributed by atoms with van der Waals surface area (Å²) in [5.74, 6) is -0.262. The molecule has 0 spiro atoms. The number of thiazole rings is 1. The van der Waals surface area contributed by atoms with Crippen molar-refractivity contribution in [2.45, 2.75) is 35.6 Å². The molecule has 3 amide bonds. The van der Waals surface area contributed by atoms with Crippen molar-refractivity contribution in [2.24, 2.45) is 5.10 Å². The highest BCUT2D eigenvalue weighted by Gasteiger charge is 2.36. The van der Waals surface area contributed by atoms with Gasteiger partial charge in [0.05, 0.1) is 33.2 Å². The standard InChI is InChI=1S/C25H20N4O4S2/c1-2-3-8-21(30)28-26-14-16-10-12-22(33-16)35-25-27-19-11-9-15(13-20(19)34-25)29-23(31)17-6-4-5-7-18(17)24(29)32/h4-7,9-14H,2-3,8H2,1H3,(H,28,30)/b26-14-. The third-order valence-electron chi connectivity index (χ3n) is 5.33. The van der Waals surface area contributed by atoms with Crippen LogP contribution in [0, 0.1) is 0 Å². The van der Waals surface area contributed by atoms with Crippen molar-refractivity contribution in [3.8, 4) is 0 Å². The van der Waals surface area contributed by atoms with Gasteiger partial charge in [-0.15, -0.1) is 11.3 Å². The van der Waals surface area contributed by atoms with Gasteiger partial charge in [0.2, 0.25) is 5.91 Å². The van der Waals surface area contributed by atoms with Crippen molar-refractivity contribution in [3.63, 3.8) is 0 Å². The molecule has 10 heteroatoms. The Morgan fingerprint density at radius 1 is 1.14 bits per heavy atom. The summed E-state index contributed by atoms with van der Waals surface area (Å²) in [7, 11) is 0. The van der Waals surface area contributed by atoms with Gasteiger partial charge in [-0.3, -0.25) is 14.4 Å². The molecule has 0 fully saturated rings. The molecule has 0 saturated carbocycles. The maximum absolute atomic E-state index is 12.8. The molecule has 2 aromatic heterocycles. The number of unbranched alkanes of at least 4 members (excludes halogenated alkanes) is 1. The normalized spacial score (nSPS) is 13.2. The molecule has 3 heterocycles. The number of furan rings is 1. The van der Waals surface area contributed by atoms with Crippen molar-refractivity contribution in [2.75, 3.05) is 4.90 Å². The highest BCUT2D eigenvalue weighted by molar-refractivity contribution is 8.01. The van der Waals surface area contributed by atoms with Crippen molar-refractivity contribution in [1.29, 1.82) is 0 Å². The van der Waals surface area contributed by atoms with E-state index in [1.54, 1.807) is 54.6 Å². The number of amides is 3. The molecule has 0 bridgehead atoms. The molecule has 0 aliphatic carbocycles. The van der Waals surface area contributed by atoms with Gasteiger partial charge >= 0.3 is 0 Å². The van der Waals surface area contributed by atoms with E-state index >= 15 is 0 Å². The highest BCUT2D eigenvalue weighted by atomic mass is 32.2. The molecule has 35 heavy (non-hydrogen) atoms. The third kappa shape index (κ3) is 4.75. The first-order chi connectivity index (χ1) is 17.0. The fourth-order valence-electron chi connectivity index (χ4n) is 3.60. The number of carbonyl (C=O) groups is 3. The van der Waals surface area contributed by atoms with Gasteiger partial charge in [0.15, 0.2) is 9.43 Å². The monoisotopic (exact) mass is 504 g/mol. The van der Waals surface area contributed by atoms with Crippen LogP contribution in [-0.2, 0) is 4.79 Å². The van der Waals surface area contributed by atoms with Gasteiger partial charge in [-0.2, -0.15) is 5.10 Å². The minimum absolute atomic E-state index is 0.126. The number of nitrogens with zero attached hydrogens (tertiary/aromatic N) is 3. The molecule has 2 aromatic carbocycles. The average Bonchev–Trinajstić information content (AvgIpc) is 3.54. The fraction of sp³-hybridized carbons (Fsp3) is 0.160. The summed E-state index contributed by atoms with van der Waals surface area (Å²) in [6.45, 7) is 2.03. The number of hydrazone groups is 1. The second-order valence-electron chi connectivity index (χ2n) is 7.78. The lowest BCUT2D eigenvalue weighted by Crippen LogP contribution is -2.29. The molecule has 0 radical (unpaired) electrons. The number of fused-ring (bicyclic) bond motifs is 2. The van der Waals surface area contributed by atoms with E-state index in [-0.39, 0.29) is 17.7 Å². The number of aromatic nitrogens is 1. The van der Waals surface area contributed by atoms with Gasteiger partial charge in [-0.05, 0) is 60.6 Å². The zero-order chi connectivity index (χ0) is 24.4. The molecule has 1 N–H and O–H groups in total. The van der Waals surface area contributed by atoms with E-state index in [2.05, 4.69) is 15.5 Å². The Bertz CT molecular complexity index is 1440. The Hall–Kier alpha value is -3.76. The first-order valence-electron chi connectivity index (χ1n) is 11.0. The number of anilines is 1. The van der Waals surface area contributed by atoms with Crippen molar-refractivity contribution in [1.82, 2.24) is 10.4 Å². The molecule has 1 aliphatic heterocycles. The number of hydrogen-bond donors (Lipinski definition) is 1. The summed E-state index contributed by atoms with van der Waals surface area (Å²) >= 11 is 2.80. The topological polar surface area (TPSA) is 105 Å². The lowest BCUT2D eigenvalue weighted by atomic mass is 10.1. The summed E-state index contributed by atoms with van der Waals surface area (Å²) in [5, 5.41) is 4.55. The average molecular weight is 505 g/mol. The van der Waals surface area contributed by atoms with Crippen LogP contribution in [0.2, 0.25) is 0 Å². The first-order valence-corrected chi connectivity index (χ1v) is 12.6. The van der Waals surface area contributed by atoms with Crippen LogP contribution in [0.25, 0.3) is 10.2 Å². The van der Waals surface area contributed by atoms with Crippen LogP contribution < -0.4 is 10.3 Å². The van der Waals surface area contributed by atoms with Crippen LogP contribution in [0.5, 0.6) is 0 Å². The largest absolute Gasteiger partial charge is 0.448 e. The first kappa shape index (κ1) is 23.0. The fourth-order valence-corrected chi connectivity index (χ4v) is 5.61. The van der Waals surface area contributed by atoms with Crippen LogP contribution in [0.3, 0.4) is 0 Å². The van der Waals surface area contributed by atoms with Gasteiger partial charge in [0.1, 0.15) is 5.76 Å². The number of hydrogen-bond acceptors (Lipinski definition) is 8. The Morgan fingerprint density at radius 3 is 2.66 bits per heavy atom. The lowest BCUT2D eigenvalue weighted by molar-refractivity contribution is -0.121. The van der Waals surface area contributed by atoms with E-state index in [9.17, 15) is 14.4 Å². The van der Waals surface area contributed by atoms with Crippen LogP contribution in [-0.4, -0.2) is 28.9 Å². The minimum Gasteiger partial charge on any atom is -0.448 e. The summed E-state index contributed by atoms with van der Waals surface area (Å²) in [5.41, 5.74) is 4.59. The minimum atomic E-state index is -0.324. The summed E-state index contributed by atoms with van der Waals surface area (Å²) in [6, 6.07) is 15.7. The van der Waals surface area contributed by atoms with Crippen LogP contribution in [0.1, 0.15) is 52.7 Å². The predicted molar refractivity (Wildman–Crippen MR) is 135 cm³/mol. The Labute approximate surface area is 209 Å². The molecular formula is C25H20N4O4S2. The van der Waals surface area contributed by atoms with E-state index in [0.717, 1.165) is 27.4 Å². The summed E-state index contributed by atoms with van der Waals surface area (Å²) in [4.78, 5) is 43.0. The Balaban J connectivity index is 1.28. The van der Waals surface area contributed by atoms with E-state index in [1.165, 1.54) is 34.2 Å². The molecule has 4 aromatic rings. The second kappa shape index (κ2) is 9.85. The number of carbonyl (C=O) groups excluding carboxylic acids is 3. The zero-order valence-electron chi connectivity index (χ0n) is 18.7. The maximum atomic E-state index is 12.8. The number of imide groups is 1. The summed E-state index contributed by atoms with van der Waals surface area (Å²) < 4.78 is 7.35. The molecule has 5 rings (SSSR count). The smallest absolute Gasteiger partial charge is 0.266 e. The van der Waals surface area contributed by atoms with Crippen LogP contribution in [0.4, 0.5) is 5.69 Å². The van der Waals surface area contributed by atoms with Gasteiger partial charge in [0.25, 0.3) is 11.8 Å². The van der Waals surface area contributed by atoms with Crippen molar-refractivity contribution in [3.05, 3.63) is 71.5 Å². The van der Waals surface area contributed by atoms with Crippen molar-refractivity contribution < 1.29 is 18.8 Å². The number of benzene rings is 2. The SMILES string of the molecule is CCCCC(=O)N/N=C\c1ccc(Sc2nc3ccc(N4C(=O)c5ccccc5C4=O)cc3s2)o1. The quantitative estimate of drug-likeness (QED) is 0.193.